The summed E-state index contributed by atoms with van der Waals surface area (Å²) in [6.45, 7) is 0.601. The number of aliphatic hydroxyl groups excluding tert-OH is 1. The molecule has 0 spiro atoms. The molecule has 1 aromatic heterocycles. The number of aliphatic hydroxyl groups is 1. The van der Waals surface area contributed by atoms with Crippen molar-refractivity contribution in [2.45, 2.75) is 25.7 Å². The maximum absolute atomic E-state index is 11.7. The van der Waals surface area contributed by atoms with Crippen LogP contribution in [-0.2, 0) is 0 Å². The van der Waals surface area contributed by atoms with Crippen molar-refractivity contribution in [1.29, 1.82) is 0 Å². The first-order chi connectivity index (χ1) is 8.15. The third kappa shape index (κ3) is 2.94. The summed E-state index contributed by atoms with van der Waals surface area (Å²) in [7, 11) is 0. The lowest BCUT2D eigenvalue weighted by Crippen LogP contribution is -2.38. The summed E-state index contributed by atoms with van der Waals surface area (Å²) in [5.41, 5.74) is -0.149. The van der Waals surface area contributed by atoms with E-state index in [-0.39, 0.29) is 27.4 Å². The van der Waals surface area contributed by atoms with Crippen molar-refractivity contribution in [2.75, 3.05) is 13.2 Å². The van der Waals surface area contributed by atoms with Gasteiger partial charge in [0.1, 0.15) is 0 Å². The molecule has 0 atom stereocenters. The minimum absolute atomic E-state index is 0.115. The number of halogens is 1. The zero-order valence-corrected chi connectivity index (χ0v) is 10.9. The van der Waals surface area contributed by atoms with E-state index in [4.69, 9.17) is 11.6 Å². The monoisotopic (exact) mass is 275 g/mol. The first kappa shape index (κ1) is 12.7. The quantitative estimate of drug-likeness (QED) is 0.873. The Morgan fingerprint density at radius 1 is 1.47 bits per heavy atom. The lowest BCUT2D eigenvalue weighted by Gasteiger charge is -2.26. The minimum atomic E-state index is -0.269. The second-order valence-electron chi connectivity index (χ2n) is 4.41. The number of carbonyl (C=O) groups excluding carboxylic acids is 1. The lowest BCUT2D eigenvalue weighted by molar-refractivity contribution is 0.0879. The molecule has 94 valence electrons. The Morgan fingerprint density at radius 2 is 2.18 bits per heavy atom. The van der Waals surface area contributed by atoms with Gasteiger partial charge in [0.05, 0.1) is 6.61 Å². The molecular formula is C10H14ClN3O2S. The van der Waals surface area contributed by atoms with Gasteiger partial charge in [-0.05, 0) is 24.4 Å². The highest BCUT2D eigenvalue weighted by Crippen LogP contribution is 2.36. The van der Waals surface area contributed by atoms with E-state index in [0.717, 1.165) is 37.0 Å². The zero-order chi connectivity index (χ0) is 12.3. The summed E-state index contributed by atoms with van der Waals surface area (Å²) in [6, 6.07) is 0. The molecule has 1 aromatic rings. The highest BCUT2D eigenvalue weighted by atomic mass is 35.5. The van der Waals surface area contributed by atoms with Crippen LogP contribution >= 0.6 is 22.9 Å². The van der Waals surface area contributed by atoms with Crippen LogP contribution in [0, 0.1) is 5.41 Å². The Bertz CT molecular complexity index is 404. The van der Waals surface area contributed by atoms with E-state index in [1.807, 2.05) is 0 Å². The molecule has 0 aliphatic heterocycles. The standard InChI is InChI=1S/C10H14ClN3O2S/c11-9-14-13-8(17-9)7(16)12-5-10(6-15)3-1-2-4-10/h15H,1-6H2,(H,12,16). The Morgan fingerprint density at radius 3 is 2.71 bits per heavy atom. The average molecular weight is 276 g/mol. The average Bonchev–Trinajstić information content (AvgIpc) is 2.95. The van der Waals surface area contributed by atoms with Gasteiger partial charge in [-0.15, -0.1) is 10.2 Å². The first-order valence-corrected chi connectivity index (χ1v) is 6.73. The fourth-order valence-corrected chi connectivity index (χ4v) is 2.90. The van der Waals surface area contributed by atoms with Gasteiger partial charge in [-0.2, -0.15) is 0 Å². The Kier molecular flexibility index (Phi) is 3.96. The third-order valence-electron chi connectivity index (χ3n) is 3.22. The van der Waals surface area contributed by atoms with Gasteiger partial charge in [0.15, 0.2) is 0 Å². The number of hydrogen-bond acceptors (Lipinski definition) is 5. The molecule has 0 aromatic carbocycles. The van der Waals surface area contributed by atoms with E-state index < -0.39 is 0 Å². The van der Waals surface area contributed by atoms with Crippen LogP contribution in [0.3, 0.4) is 0 Å². The lowest BCUT2D eigenvalue weighted by atomic mass is 9.87. The van der Waals surface area contributed by atoms with Crippen LogP contribution in [0.5, 0.6) is 0 Å². The number of amides is 1. The van der Waals surface area contributed by atoms with Crippen LogP contribution in [0.2, 0.25) is 4.47 Å². The van der Waals surface area contributed by atoms with Crippen molar-refractivity contribution >= 4 is 28.8 Å². The first-order valence-electron chi connectivity index (χ1n) is 5.53. The Balaban J connectivity index is 1.91. The molecule has 17 heavy (non-hydrogen) atoms. The molecule has 1 aliphatic carbocycles. The smallest absolute Gasteiger partial charge is 0.282 e. The number of carbonyl (C=O) groups is 1. The van der Waals surface area contributed by atoms with Crippen LogP contribution in [0.15, 0.2) is 0 Å². The van der Waals surface area contributed by atoms with Crippen LogP contribution in [0.25, 0.3) is 0 Å². The highest BCUT2D eigenvalue weighted by molar-refractivity contribution is 7.17. The fourth-order valence-electron chi connectivity index (χ4n) is 2.16. The maximum Gasteiger partial charge on any atom is 0.282 e. The zero-order valence-electron chi connectivity index (χ0n) is 9.28. The van der Waals surface area contributed by atoms with E-state index in [2.05, 4.69) is 15.5 Å². The van der Waals surface area contributed by atoms with Gasteiger partial charge in [0.25, 0.3) is 5.91 Å². The van der Waals surface area contributed by atoms with Crippen molar-refractivity contribution < 1.29 is 9.90 Å². The van der Waals surface area contributed by atoms with Crippen molar-refractivity contribution in [3.05, 3.63) is 9.47 Å². The molecule has 0 saturated heterocycles. The van der Waals surface area contributed by atoms with Crippen molar-refractivity contribution in [1.82, 2.24) is 15.5 Å². The third-order valence-corrected chi connectivity index (χ3v) is 4.24. The van der Waals surface area contributed by atoms with Gasteiger partial charge in [-0.25, -0.2) is 0 Å². The molecule has 1 saturated carbocycles. The number of nitrogens with zero attached hydrogens (tertiary/aromatic N) is 2. The fraction of sp³-hybridized carbons (Fsp3) is 0.700. The van der Waals surface area contributed by atoms with Gasteiger partial charge in [-0.1, -0.05) is 24.2 Å². The normalized spacial score (nSPS) is 18.2. The molecule has 2 rings (SSSR count). The largest absolute Gasteiger partial charge is 0.396 e. The van der Waals surface area contributed by atoms with E-state index in [9.17, 15) is 9.90 Å². The Hall–Kier alpha value is -0.720. The molecule has 1 heterocycles. The van der Waals surface area contributed by atoms with Crippen LogP contribution in [0.1, 0.15) is 35.5 Å². The summed E-state index contributed by atoms with van der Waals surface area (Å²) < 4.78 is 0.257. The summed E-state index contributed by atoms with van der Waals surface area (Å²) in [6.07, 6.45) is 4.14. The van der Waals surface area contributed by atoms with Crippen molar-refractivity contribution in [3.8, 4) is 0 Å². The van der Waals surface area contributed by atoms with Gasteiger partial charge < -0.3 is 10.4 Å². The molecule has 5 nitrogen and oxygen atoms in total. The number of hydrogen-bond donors (Lipinski definition) is 2. The molecule has 2 N–H and O–H groups in total. The van der Waals surface area contributed by atoms with Crippen LogP contribution in [-0.4, -0.2) is 34.4 Å². The van der Waals surface area contributed by atoms with E-state index >= 15 is 0 Å². The molecule has 1 amide bonds. The summed E-state index contributed by atoms with van der Waals surface area (Å²) >= 11 is 6.66. The predicted octanol–water partition coefficient (Wildman–Crippen LogP) is 1.47. The van der Waals surface area contributed by atoms with Crippen LogP contribution < -0.4 is 5.32 Å². The number of rotatable bonds is 4. The SMILES string of the molecule is O=C(NCC1(CO)CCCC1)c1nnc(Cl)s1. The molecular weight excluding hydrogens is 262 g/mol. The molecule has 1 aliphatic rings. The van der Waals surface area contributed by atoms with Gasteiger partial charge in [0, 0.05) is 12.0 Å². The van der Waals surface area contributed by atoms with E-state index in [0.29, 0.717) is 6.54 Å². The molecule has 0 unspecified atom stereocenters. The topological polar surface area (TPSA) is 75.1 Å². The van der Waals surface area contributed by atoms with Crippen LogP contribution in [0.4, 0.5) is 0 Å². The van der Waals surface area contributed by atoms with E-state index in [1.54, 1.807) is 0 Å². The van der Waals surface area contributed by atoms with Crippen molar-refractivity contribution in [3.63, 3.8) is 0 Å². The highest BCUT2D eigenvalue weighted by Gasteiger charge is 2.33. The second-order valence-corrected chi connectivity index (χ2v) is 5.97. The van der Waals surface area contributed by atoms with E-state index in [1.165, 1.54) is 0 Å². The number of aromatic nitrogens is 2. The van der Waals surface area contributed by atoms with Crippen molar-refractivity contribution in [2.24, 2.45) is 5.41 Å². The second kappa shape index (κ2) is 5.29. The van der Waals surface area contributed by atoms with Gasteiger partial charge in [-0.3, -0.25) is 4.79 Å². The minimum Gasteiger partial charge on any atom is -0.396 e. The van der Waals surface area contributed by atoms with Gasteiger partial charge >= 0.3 is 0 Å². The van der Waals surface area contributed by atoms with Gasteiger partial charge in [0.2, 0.25) is 9.47 Å². The Labute approximate surface area is 108 Å². The summed E-state index contributed by atoms with van der Waals surface area (Å²) in [5, 5.41) is 19.7. The molecule has 0 bridgehead atoms. The predicted molar refractivity (Wildman–Crippen MR) is 65.2 cm³/mol. The molecule has 0 radical (unpaired) electrons. The summed E-state index contributed by atoms with van der Waals surface area (Å²) in [4.78, 5) is 11.7. The number of nitrogens with one attached hydrogen (secondary N) is 1. The summed E-state index contributed by atoms with van der Waals surface area (Å²) in [5.74, 6) is -0.269. The molecule has 7 heteroatoms. The molecule has 1 fully saturated rings. The maximum atomic E-state index is 11.7.